The van der Waals surface area contributed by atoms with Gasteiger partial charge in [0.15, 0.2) is 6.29 Å². The Labute approximate surface area is 79.7 Å². The van der Waals surface area contributed by atoms with Crippen LogP contribution in [0.3, 0.4) is 0 Å². The molecule has 0 atom stereocenters. The predicted octanol–water partition coefficient (Wildman–Crippen LogP) is 2.15. The summed E-state index contributed by atoms with van der Waals surface area (Å²) in [6, 6.07) is 0. The number of aldehydes is 1. The Morgan fingerprint density at radius 3 is 2.64 bits per heavy atom. The number of carbonyl (C=O) groups excluding carboxylic acids is 1. The lowest BCUT2D eigenvalue weighted by Crippen LogP contribution is -2.02. The van der Waals surface area contributed by atoms with Crippen molar-refractivity contribution in [2.75, 3.05) is 7.11 Å². The number of aromatic nitrogens is 1. The van der Waals surface area contributed by atoms with E-state index in [0.29, 0.717) is 6.29 Å². The van der Waals surface area contributed by atoms with Gasteiger partial charge in [-0.15, -0.1) is 0 Å². The van der Waals surface area contributed by atoms with Gasteiger partial charge in [0.25, 0.3) is 6.43 Å². The highest BCUT2D eigenvalue weighted by atomic mass is 19.3. The van der Waals surface area contributed by atoms with E-state index < -0.39 is 6.43 Å². The minimum Gasteiger partial charge on any atom is -0.494 e. The van der Waals surface area contributed by atoms with E-state index in [1.165, 1.54) is 20.2 Å². The molecule has 0 spiro atoms. The van der Waals surface area contributed by atoms with Gasteiger partial charge in [0, 0.05) is 5.69 Å². The van der Waals surface area contributed by atoms with Gasteiger partial charge in [-0.3, -0.25) is 9.78 Å². The maximum atomic E-state index is 12.5. The molecule has 1 heterocycles. The average molecular weight is 201 g/mol. The van der Waals surface area contributed by atoms with Crippen molar-refractivity contribution in [2.45, 2.75) is 13.3 Å². The Hall–Kier alpha value is -1.52. The van der Waals surface area contributed by atoms with Crippen molar-refractivity contribution in [3.8, 4) is 5.75 Å². The summed E-state index contributed by atoms with van der Waals surface area (Å²) in [5, 5.41) is 0. The van der Waals surface area contributed by atoms with Crippen LogP contribution >= 0.6 is 0 Å². The van der Waals surface area contributed by atoms with E-state index in [9.17, 15) is 13.6 Å². The Morgan fingerprint density at radius 1 is 1.57 bits per heavy atom. The van der Waals surface area contributed by atoms with Crippen LogP contribution in [0.2, 0.25) is 0 Å². The number of hydrogen-bond acceptors (Lipinski definition) is 3. The van der Waals surface area contributed by atoms with Crippen molar-refractivity contribution in [1.82, 2.24) is 4.98 Å². The molecule has 0 bridgehead atoms. The van der Waals surface area contributed by atoms with Crippen molar-refractivity contribution >= 4 is 6.29 Å². The molecule has 0 saturated heterocycles. The van der Waals surface area contributed by atoms with Crippen LogP contribution in [0.1, 0.15) is 28.0 Å². The van der Waals surface area contributed by atoms with Crippen LogP contribution in [0, 0.1) is 6.92 Å². The van der Waals surface area contributed by atoms with E-state index in [1.807, 2.05) is 0 Å². The summed E-state index contributed by atoms with van der Waals surface area (Å²) in [6.45, 7) is 1.42. The second-order valence-electron chi connectivity index (χ2n) is 2.66. The monoisotopic (exact) mass is 201 g/mol. The highest BCUT2D eigenvalue weighted by Gasteiger charge is 2.20. The van der Waals surface area contributed by atoms with Crippen LogP contribution in [-0.2, 0) is 0 Å². The molecule has 0 aromatic carbocycles. The summed E-state index contributed by atoms with van der Waals surface area (Å²) in [6.07, 6.45) is -1.11. The highest BCUT2D eigenvalue weighted by molar-refractivity contribution is 5.82. The summed E-state index contributed by atoms with van der Waals surface area (Å²) >= 11 is 0. The van der Waals surface area contributed by atoms with Crippen LogP contribution in [0.25, 0.3) is 0 Å². The maximum absolute atomic E-state index is 12.5. The fraction of sp³-hybridized carbons (Fsp3) is 0.333. The average Bonchev–Trinajstić information content (AvgIpc) is 2.16. The molecule has 0 aliphatic carbocycles. The van der Waals surface area contributed by atoms with Gasteiger partial charge in [-0.25, -0.2) is 8.78 Å². The molecule has 1 aromatic heterocycles. The van der Waals surface area contributed by atoms with Gasteiger partial charge < -0.3 is 4.74 Å². The number of hydrogen-bond donors (Lipinski definition) is 0. The standard InChI is InChI=1S/C9H9F2NO2/c1-5-8(9(10)11)6(4-13)7(14-2)3-12-5/h3-4,9H,1-2H3. The van der Waals surface area contributed by atoms with Gasteiger partial charge in [0.2, 0.25) is 0 Å². The number of methoxy groups -OCH3 is 1. The van der Waals surface area contributed by atoms with Gasteiger partial charge in [0.1, 0.15) is 5.75 Å². The predicted molar refractivity (Wildman–Crippen MR) is 45.9 cm³/mol. The molecular weight excluding hydrogens is 192 g/mol. The van der Waals surface area contributed by atoms with Crippen molar-refractivity contribution in [1.29, 1.82) is 0 Å². The number of pyridine rings is 1. The number of rotatable bonds is 3. The Balaban J connectivity index is 3.42. The van der Waals surface area contributed by atoms with E-state index in [2.05, 4.69) is 4.98 Å². The van der Waals surface area contributed by atoms with Crippen molar-refractivity contribution in [3.63, 3.8) is 0 Å². The third-order valence-corrected chi connectivity index (χ3v) is 1.88. The largest absolute Gasteiger partial charge is 0.494 e. The van der Waals surface area contributed by atoms with Crippen LogP contribution in [0.5, 0.6) is 5.75 Å². The summed E-state index contributed by atoms with van der Waals surface area (Å²) in [5.74, 6) is 0.0703. The third kappa shape index (κ3) is 1.71. The maximum Gasteiger partial charge on any atom is 0.266 e. The van der Waals surface area contributed by atoms with Gasteiger partial charge in [0.05, 0.1) is 24.4 Å². The lowest BCUT2D eigenvalue weighted by Gasteiger charge is -2.10. The molecule has 0 radical (unpaired) electrons. The number of alkyl halides is 2. The Kier molecular flexibility index (Phi) is 3.11. The highest BCUT2D eigenvalue weighted by Crippen LogP contribution is 2.29. The molecule has 3 nitrogen and oxygen atoms in total. The van der Waals surface area contributed by atoms with Crippen LogP contribution in [-0.4, -0.2) is 18.4 Å². The topological polar surface area (TPSA) is 39.2 Å². The summed E-state index contributed by atoms with van der Waals surface area (Å²) < 4.78 is 29.8. The molecule has 1 rings (SSSR count). The SMILES string of the molecule is COc1cnc(C)c(C(F)F)c1C=O. The second kappa shape index (κ2) is 4.13. The van der Waals surface area contributed by atoms with Gasteiger partial charge in [-0.2, -0.15) is 0 Å². The molecule has 0 aliphatic heterocycles. The number of ether oxygens (including phenoxy) is 1. The molecule has 76 valence electrons. The molecule has 0 unspecified atom stereocenters. The summed E-state index contributed by atoms with van der Waals surface area (Å²) in [5.41, 5.74) is -0.350. The van der Waals surface area contributed by atoms with Gasteiger partial charge in [-0.05, 0) is 6.92 Å². The number of carbonyl (C=O) groups is 1. The molecule has 0 N–H and O–H groups in total. The zero-order valence-electron chi connectivity index (χ0n) is 7.75. The second-order valence-corrected chi connectivity index (χ2v) is 2.66. The molecule has 0 aliphatic rings. The number of aryl methyl sites for hydroxylation is 1. The minimum absolute atomic E-state index is 0.0703. The molecule has 14 heavy (non-hydrogen) atoms. The van der Waals surface area contributed by atoms with Gasteiger partial charge in [-0.1, -0.05) is 0 Å². The van der Waals surface area contributed by atoms with E-state index in [-0.39, 0.29) is 22.6 Å². The lowest BCUT2D eigenvalue weighted by molar-refractivity contribution is 0.110. The van der Waals surface area contributed by atoms with Crippen LogP contribution < -0.4 is 4.74 Å². The molecule has 0 fully saturated rings. The quantitative estimate of drug-likeness (QED) is 0.703. The van der Waals surface area contributed by atoms with Crippen molar-refractivity contribution in [2.24, 2.45) is 0 Å². The molecule has 0 saturated carbocycles. The zero-order chi connectivity index (χ0) is 10.7. The fourth-order valence-electron chi connectivity index (χ4n) is 1.18. The third-order valence-electron chi connectivity index (χ3n) is 1.88. The summed E-state index contributed by atoms with van der Waals surface area (Å²) in [7, 11) is 1.30. The first-order valence-corrected chi connectivity index (χ1v) is 3.88. The number of halogens is 2. The minimum atomic E-state index is -2.72. The first kappa shape index (κ1) is 10.6. The molecule has 0 amide bonds. The van der Waals surface area contributed by atoms with E-state index in [4.69, 9.17) is 4.74 Å². The van der Waals surface area contributed by atoms with Crippen molar-refractivity contribution < 1.29 is 18.3 Å². The van der Waals surface area contributed by atoms with E-state index >= 15 is 0 Å². The van der Waals surface area contributed by atoms with E-state index in [0.717, 1.165) is 0 Å². The van der Waals surface area contributed by atoms with E-state index in [1.54, 1.807) is 0 Å². The van der Waals surface area contributed by atoms with Crippen LogP contribution in [0.4, 0.5) is 8.78 Å². The lowest BCUT2D eigenvalue weighted by atomic mass is 10.1. The molecule has 5 heteroatoms. The fourth-order valence-corrected chi connectivity index (χ4v) is 1.18. The number of nitrogens with zero attached hydrogens (tertiary/aromatic N) is 1. The van der Waals surface area contributed by atoms with Gasteiger partial charge >= 0.3 is 0 Å². The Bertz CT molecular complexity index is 353. The Morgan fingerprint density at radius 2 is 2.21 bits per heavy atom. The first-order chi connectivity index (χ1) is 6.61. The van der Waals surface area contributed by atoms with Crippen molar-refractivity contribution in [3.05, 3.63) is 23.0 Å². The molecular formula is C9H9F2NO2. The zero-order valence-corrected chi connectivity index (χ0v) is 7.75. The first-order valence-electron chi connectivity index (χ1n) is 3.88. The van der Waals surface area contributed by atoms with Crippen LogP contribution in [0.15, 0.2) is 6.20 Å². The normalized spacial score (nSPS) is 10.4. The smallest absolute Gasteiger partial charge is 0.266 e. The molecule has 1 aromatic rings. The summed E-state index contributed by atoms with van der Waals surface area (Å²) in [4.78, 5) is 14.3.